The first-order chi connectivity index (χ1) is 12.1. The van der Waals surface area contributed by atoms with Crippen molar-refractivity contribution in [2.45, 2.75) is 26.8 Å². The number of aromatic amines is 2. The number of rotatable bonds is 3. The predicted molar refractivity (Wildman–Crippen MR) is 103 cm³/mol. The van der Waals surface area contributed by atoms with Gasteiger partial charge in [-0.1, -0.05) is 17.2 Å². The molecule has 136 valence electrons. The molecule has 2 aromatic heterocycles. The van der Waals surface area contributed by atoms with Crippen LogP contribution in [0.5, 0.6) is 0 Å². The molecule has 26 heavy (non-hydrogen) atoms. The number of fused-ring (bicyclic) bond motifs is 1. The third-order valence-electron chi connectivity index (χ3n) is 4.37. The molecule has 0 fully saturated rings. The van der Waals surface area contributed by atoms with Crippen LogP contribution in [0.3, 0.4) is 0 Å². The van der Waals surface area contributed by atoms with Crippen LogP contribution in [0.4, 0.5) is 5.82 Å². The highest BCUT2D eigenvalue weighted by molar-refractivity contribution is 6.03. The summed E-state index contributed by atoms with van der Waals surface area (Å²) in [5.41, 5.74) is 6.69. The summed E-state index contributed by atoms with van der Waals surface area (Å²) in [4.78, 5) is 12.5. The van der Waals surface area contributed by atoms with Crippen molar-refractivity contribution in [1.29, 1.82) is 0 Å². The fourth-order valence-corrected chi connectivity index (χ4v) is 3.25. The van der Waals surface area contributed by atoms with E-state index in [1.54, 1.807) is 0 Å². The summed E-state index contributed by atoms with van der Waals surface area (Å²) in [6, 6.07) is 8.13. The number of anilines is 1. The molecule has 7 nitrogen and oxygen atoms in total. The van der Waals surface area contributed by atoms with E-state index < -0.39 is 0 Å². The number of halogens is 1. The number of carbonyl (C=O) groups is 1. The van der Waals surface area contributed by atoms with E-state index in [0.29, 0.717) is 18.1 Å². The zero-order chi connectivity index (χ0) is 17.4. The Morgan fingerprint density at radius 2 is 1.85 bits per heavy atom. The van der Waals surface area contributed by atoms with E-state index in [2.05, 4.69) is 63.1 Å². The monoisotopic (exact) mass is 372 g/mol. The van der Waals surface area contributed by atoms with Crippen molar-refractivity contribution in [3.05, 3.63) is 52.3 Å². The van der Waals surface area contributed by atoms with Crippen LogP contribution >= 0.6 is 12.4 Å². The molecular weight excluding hydrogens is 352 g/mol. The lowest BCUT2D eigenvalue weighted by Crippen LogP contribution is -2.25. The summed E-state index contributed by atoms with van der Waals surface area (Å²) in [7, 11) is 0. The quantitative estimate of drug-likeness (QED) is 0.568. The van der Waals surface area contributed by atoms with E-state index in [1.165, 1.54) is 11.1 Å². The number of hydrogen-bond acceptors (Lipinski definition) is 4. The van der Waals surface area contributed by atoms with Crippen LogP contribution in [-0.2, 0) is 13.0 Å². The van der Waals surface area contributed by atoms with E-state index in [4.69, 9.17) is 0 Å². The van der Waals surface area contributed by atoms with Gasteiger partial charge in [-0.25, -0.2) is 0 Å². The Labute approximate surface area is 157 Å². The topological polar surface area (TPSA) is 98.5 Å². The number of aryl methyl sites for hydroxylation is 2. The standard InChI is InChI=1S/C18H20N6O.ClH/c1-10-5-11(2)7-12(6-10)15-8-16(23-22-15)20-18(25)17-13-9-19-4-3-14(13)21-24-17;/h5-8,19H,3-4,9H2,1-2H3,(H,21,24)(H2,20,22,23,25);1H. The zero-order valence-electron chi connectivity index (χ0n) is 14.6. The fraction of sp³-hybridized carbons (Fsp3) is 0.278. The highest BCUT2D eigenvalue weighted by atomic mass is 35.5. The van der Waals surface area contributed by atoms with Crippen molar-refractivity contribution in [1.82, 2.24) is 25.7 Å². The number of carbonyl (C=O) groups excluding carboxylic acids is 1. The van der Waals surface area contributed by atoms with E-state index in [1.807, 2.05) is 6.07 Å². The van der Waals surface area contributed by atoms with Gasteiger partial charge in [-0.15, -0.1) is 12.4 Å². The maximum atomic E-state index is 12.5. The second-order valence-electron chi connectivity index (χ2n) is 6.45. The first kappa shape index (κ1) is 18.2. The number of amides is 1. The summed E-state index contributed by atoms with van der Waals surface area (Å²) < 4.78 is 0. The first-order valence-corrected chi connectivity index (χ1v) is 8.32. The Morgan fingerprint density at radius 3 is 2.62 bits per heavy atom. The molecule has 0 aliphatic carbocycles. The van der Waals surface area contributed by atoms with Gasteiger partial charge in [-0.2, -0.15) is 10.2 Å². The van der Waals surface area contributed by atoms with Crippen LogP contribution in [0.1, 0.15) is 32.9 Å². The van der Waals surface area contributed by atoms with Gasteiger partial charge in [0.1, 0.15) is 0 Å². The highest BCUT2D eigenvalue weighted by Crippen LogP contribution is 2.23. The lowest BCUT2D eigenvalue weighted by Gasteiger charge is -2.12. The Balaban J connectivity index is 0.00000196. The van der Waals surface area contributed by atoms with E-state index >= 15 is 0 Å². The molecule has 1 amide bonds. The highest BCUT2D eigenvalue weighted by Gasteiger charge is 2.22. The molecule has 0 unspecified atom stereocenters. The molecule has 4 rings (SSSR count). The third-order valence-corrected chi connectivity index (χ3v) is 4.37. The van der Waals surface area contributed by atoms with Crippen LogP contribution in [-0.4, -0.2) is 32.8 Å². The van der Waals surface area contributed by atoms with Crippen molar-refractivity contribution in [2.24, 2.45) is 0 Å². The third kappa shape index (κ3) is 3.49. The van der Waals surface area contributed by atoms with Gasteiger partial charge < -0.3 is 10.6 Å². The van der Waals surface area contributed by atoms with E-state index in [9.17, 15) is 4.79 Å². The van der Waals surface area contributed by atoms with Gasteiger partial charge in [0.05, 0.1) is 5.69 Å². The summed E-state index contributed by atoms with van der Waals surface area (Å²) in [6.07, 6.45) is 0.856. The van der Waals surface area contributed by atoms with E-state index in [0.717, 1.165) is 35.5 Å². The van der Waals surface area contributed by atoms with Crippen molar-refractivity contribution >= 4 is 24.1 Å². The zero-order valence-corrected chi connectivity index (χ0v) is 15.5. The largest absolute Gasteiger partial charge is 0.312 e. The fourth-order valence-electron chi connectivity index (χ4n) is 3.25. The maximum absolute atomic E-state index is 12.5. The normalized spacial score (nSPS) is 13.0. The molecule has 0 radical (unpaired) electrons. The SMILES string of the molecule is Cc1cc(C)cc(-c2cc(NC(=O)c3n[nH]c4c3CNCC4)n[nH]2)c1.Cl. The van der Waals surface area contributed by atoms with Gasteiger partial charge in [0.2, 0.25) is 0 Å². The maximum Gasteiger partial charge on any atom is 0.277 e. The molecule has 0 atom stereocenters. The smallest absolute Gasteiger partial charge is 0.277 e. The van der Waals surface area contributed by atoms with Crippen molar-refractivity contribution in [3.8, 4) is 11.3 Å². The molecule has 0 saturated heterocycles. The molecule has 4 N–H and O–H groups in total. The van der Waals surface area contributed by atoms with Gasteiger partial charge >= 0.3 is 0 Å². The molecule has 0 bridgehead atoms. The first-order valence-electron chi connectivity index (χ1n) is 8.32. The van der Waals surface area contributed by atoms with Crippen LogP contribution in [0.25, 0.3) is 11.3 Å². The minimum atomic E-state index is -0.250. The van der Waals surface area contributed by atoms with Crippen LogP contribution in [0.15, 0.2) is 24.3 Å². The number of benzene rings is 1. The molecule has 8 heteroatoms. The molecule has 0 saturated carbocycles. The molecule has 1 aromatic carbocycles. The van der Waals surface area contributed by atoms with E-state index in [-0.39, 0.29) is 18.3 Å². The Kier molecular flexibility index (Phi) is 5.11. The Morgan fingerprint density at radius 1 is 1.08 bits per heavy atom. The Bertz CT molecular complexity index is 925. The lowest BCUT2D eigenvalue weighted by molar-refractivity contribution is 0.102. The van der Waals surface area contributed by atoms with Crippen molar-refractivity contribution < 1.29 is 4.79 Å². The van der Waals surface area contributed by atoms with Crippen molar-refractivity contribution in [3.63, 3.8) is 0 Å². The number of H-pyrrole nitrogens is 2. The second-order valence-corrected chi connectivity index (χ2v) is 6.45. The molecule has 0 spiro atoms. The summed E-state index contributed by atoms with van der Waals surface area (Å²) in [6.45, 7) is 5.67. The summed E-state index contributed by atoms with van der Waals surface area (Å²) >= 11 is 0. The van der Waals surface area contributed by atoms with Crippen molar-refractivity contribution in [2.75, 3.05) is 11.9 Å². The summed E-state index contributed by atoms with van der Waals surface area (Å²) in [5.74, 6) is 0.236. The number of nitrogens with one attached hydrogen (secondary N) is 4. The molecule has 3 aromatic rings. The van der Waals surface area contributed by atoms with Gasteiger partial charge in [0, 0.05) is 42.4 Å². The number of aromatic nitrogens is 4. The molecule has 1 aliphatic rings. The number of hydrogen-bond donors (Lipinski definition) is 4. The lowest BCUT2D eigenvalue weighted by atomic mass is 10.1. The molecule has 1 aliphatic heterocycles. The second kappa shape index (κ2) is 7.31. The van der Waals surface area contributed by atoms with Crippen LogP contribution < -0.4 is 10.6 Å². The van der Waals surface area contributed by atoms with Crippen LogP contribution in [0.2, 0.25) is 0 Å². The predicted octanol–water partition coefficient (Wildman–Crippen LogP) is 2.74. The average Bonchev–Trinajstić information content (AvgIpc) is 3.20. The molecule has 3 heterocycles. The summed E-state index contributed by atoms with van der Waals surface area (Å²) in [5, 5.41) is 20.4. The van der Waals surface area contributed by atoms with Gasteiger partial charge in [0.15, 0.2) is 11.5 Å². The van der Waals surface area contributed by atoms with Gasteiger partial charge in [0.25, 0.3) is 5.91 Å². The average molecular weight is 373 g/mol. The Hall–Kier alpha value is -2.64. The minimum absolute atomic E-state index is 0. The van der Waals surface area contributed by atoms with Crippen LogP contribution in [0, 0.1) is 13.8 Å². The van der Waals surface area contributed by atoms with Gasteiger partial charge in [-0.05, 0) is 26.0 Å². The minimum Gasteiger partial charge on any atom is -0.312 e. The van der Waals surface area contributed by atoms with Gasteiger partial charge in [-0.3, -0.25) is 15.0 Å². The molecular formula is C18H21ClN6O. The number of nitrogens with zero attached hydrogens (tertiary/aromatic N) is 2.